The molecule has 1 aromatic carbocycles. The highest BCUT2D eigenvalue weighted by molar-refractivity contribution is 7.81. The number of carbonyl (C=O) groups is 3. The summed E-state index contributed by atoms with van der Waals surface area (Å²) < 4.78 is 5.37. The van der Waals surface area contributed by atoms with E-state index in [1.165, 1.54) is 0 Å². The molecule has 2 atom stereocenters. The van der Waals surface area contributed by atoms with Crippen molar-refractivity contribution in [3.63, 3.8) is 0 Å². The minimum Gasteiger partial charge on any atom is -0.480 e. The third kappa shape index (κ3) is 5.19. The Morgan fingerprint density at radius 1 is 1.18 bits per heavy atom. The van der Waals surface area contributed by atoms with Crippen LogP contribution in [0.2, 0.25) is 0 Å². The fourth-order valence-corrected chi connectivity index (χ4v) is 5.32. The van der Waals surface area contributed by atoms with Crippen LogP contribution < -0.4 is 10.6 Å². The summed E-state index contributed by atoms with van der Waals surface area (Å²) in [5.41, 5.74) is 0.630. The van der Waals surface area contributed by atoms with Gasteiger partial charge in [-0.25, -0.2) is 4.79 Å². The number of hydrogen-bond acceptors (Lipinski definition) is 5. The zero-order valence-electron chi connectivity index (χ0n) is 18.5. The first-order valence-electron chi connectivity index (χ1n) is 11.6. The number of ether oxygens (including phenoxy) is 1. The molecule has 0 bridgehead atoms. The molecule has 1 aliphatic heterocycles. The van der Waals surface area contributed by atoms with Crippen molar-refractivity contribution in [1.82, 2.24) is 15.6 Å². The average Bonchev–Trinajstić information content (AvgIpc) is 3.46. The van der Waals surface area contributed by atoms with Crippen LogP contribution in [0.25, 0.3) is 10.9 Å². The number of carbonyl (C=O) groups excluding carboxylic acids is 2. The summed E-state index contributed by atoms with van der Waals surface area (Å²) in [7, 11) is 0. The number of para-hydroxylation sites is 1. The van der Waals surface area contributed by atoms with Crippen LogP contribution in [-0.4, -0.2) is 57.9 Å². The molecule has 2 heterocycles. The number of aromatic nitrogens is 1. The third-order valence-corrected chi connectivity index (χ3v) is 7.59. The van der Waals surface area contributed by atoms with E-state index in [1.54, 1.807) is 6.20 Å². The third-order valence-electron chi connectivity index (χ3n) is 6.94. The highest BCUT2D eigenvalue weighted by Crippen LogP contribution is 2.32. The van der Waals surface area contributed by atoms with Gasteiger partial charge in [-0.1, -0.05) is 31.0 Å². The topological polar surface area (TPSA) is 121 Å². The van der Waals surface area contributed by atoms with Gasteiger partial charge in [0.1, 0.15) is 11.6 Å². The number of fused-ring (bicyclic) bond motifs is 1. The number of thiol groups is 1. The molecule has 1 saturated carbocycles. The van der Waals surface area contributed by atoms with Gasteiger partial charge >= 0.3 is 5.97 Å². The number of hydrogen-bond donors (Lipinski definition) is 5. The van der Waals surface area contributed by atoms with Crippen molar-refractivity contribution in [1.29, 1.82) is 0 Å². The first kappa shape index (κ1) is 23.6. The zero-order valence-corrected chi connectivity index (χ0v) is 19.4. The monoisotopic (exact) mass is 473 g/mol. The van der Waals surface area contributed by atoms with Gasteiger partial charge in [0.2, 0.25) is 11.8 Å². The smallest absolute Gasteiger partial charge is 0.326 e. The van der Waals surface area contributed by atoms with E-state index in [2.05, 4.69) is 28.2 Å². The molecular weight excluding hydrogens is 442 g/mol. The van der Waals surface area contributed by atoms with E-state index in [9.17, 15) is 19.5 Å². The summed E-state index contributed by atoms with van der Waals surface area (Å²) in [6, 6.07) is 6.53. The predicted octanol–water partition coefficient (Wildman–Crippen LogP) is 2.43. The normalized spacial score (nSPS) is 20.3. The summed E-state index contributed by atoms with van der Waals surface area (Å²) in [5.74, 6) is -1.72. The molecule has 1 aliphatic carbocycles. The van der Waals surface area contributed by atoms with Crippen LogP contribution in [0.5, 0.6) is 0 Å². The van der Waals surface area contributed by atoms with Gasteiger partial charge in [0.05, 0.1) is 5.25 Å². The second-order valence-electron chi connectivity index (χ2n) is 9.10. The molecule has 4 rings (SSSR count). The Morgan fingerprint density at radius 2 is 1.88 bits per heavy atom. The molecule has 2 aromatic rings. The van der Waals surface area contributed by atoms with Crippen molar-refractivity contribution in [2.24, 2.45) is 5.92 Å². The van der Waals surface area contributed by atoms with Gasteiger partial charge in [0.25, 0.3) is 0 Å². The molecule has 33 heavy (non-hydrogen) atoms. The number of carboxylic acid groups (broad SMARTS) is 1. The molecule has 2 fully saturated rings. The van der Waals surface area contributed by atoms with Crippen molar-refractivity contribution in [2.75, 3.05) is 13.2 Å². The first-order valence-corrected chi connectivity index (χ1v) is 12.1. The number of carboxylic acids is 1. The maximum Gasteiger partial charge on any atom is 0.326 e. The molecule has 2 amide bonds. The second kappa shape index (κ2) is 10.2. The van der Waals surface area contributed by atoms with E-state index >= 15 is 0 Å². The number of rotatable bonds is 8. The minimum atomic E-state index is -1.11. The zero-order chi connectivity index (χ0) is 23.4. The Labute approximate surface area is 198 Å². The van der Waals surface area contributed by atoms with Crippen LogP contribution in [0.15, 0.2) is 30.5 Å². The summed E-state index contributed by atoms with van der Waals surface area (Å²) in [6.07, 6.45) is 5.99. The largest absolute Gasteiger partial charge is 0.480 e. The lowest BCUT2D eigenvalue weighted by atomic mass is 9.92. The highest BCUT2D eigenvalue weighted by Gasteiger charge is 2.45. The van der Waals surface area contributed by atoms with E-state index in [-0.39, 0.29) is 18.2 Å². The van der Waals surface area contributed by atoms with E-state index in [1.807, 2.05) is 24.3 Å². The summed E-state index contributed by atoms with van der Waals surface area (Å²) in [6.45, 7) is 1.21. The Bertz CT molecular complexity index is 1010. The lowest BCUT2D eigenvalue weighted by molar-refractivity contribution is -0.143. The molecule has 9 heteroatoms. The van der Waals surface area contributed by atoms with Crippen LogP contribution in [0.1, 0.15) is 44.1 Å². The van der Waals surface area contributed by atoms with Crippen molar-refractivity contribution in [3.8, 4) is 0 Å². The van der Waals surface area contributed by atoms with Gasteiger partial charge in [0, 0.05) is 36.7 Å². The number of aliphatic carboxylic acids is 1. The van der Waals surface area contributed by atoms with Crippen LogP contribution in [0.3, 0.4) is 0 Å². The number of H-pyrrole nitrogens is 1. The number of aromatic amines is 1. The molecule has 2 aliphatic rings. The lowest BCUT2D eigenvalue weighted by Crippen LogP contribution is -2.61. The van der Waals surface area contributed by atoms with Crippen molar-refractivity contribution >= 4 is 41.3 Å². The maximum atomic E-state index is 13.4. The standard InChI is InChI=1S/C24H31N3O5S/c28-21(20(33)15-7-11-32-12-8-15)27-24(9-3-4-10-24)23(31)26-19(22(29)30)13-16-14-25-18-6-2-1-5-17(16)18/h1-2,5-6,14-15,19-20,25,33H,3-4,7-13H2,(H,26,31)(H,27,28)(H,29,30)/t19-,20-/m0/s1. The Hall–Kier alpha value is -2.52. The molecule has 4 N–H and O–H groups in total. The van der Waals surface area contributed by atoms with Gasteiger partial charge < -0.3 is 25.5 Å². The van der Waals surface area contributed by atoms with Gasteiger partial charge in [-0.3, -0.25) is 9.59 Å². The van der Waals surface area contributed by atoms with Crippen LogP contribution in [0, 0.1) is 5.92 Å². The highest BCUT2D eigenvalue weighted by atomic mass is 32.1. The van der Waals surface area contributed by atoms with E-state index in [0.29, 0.717) is 26.1 Å². The molecular formula is C24H31N3O5S. The van der Waals surface area contributed by atoms with Crippen molar-refractivity contribution in [3.05, 3.63) is 36.0 Å². The minimum absolute atomic E-state index is 0.0947. The second-order valence-corrected chi connectivity index (χ2v) is 9.66. The first-order chi connectivity index (χ1) is 15.9. The molecule has 0 radical (unpaired) electrons. The molecule has 178 valence electrons. The number of benzene rings is 1. The quantitative estimate of drug-likeness (QED) is 0.377. The SMILES string of the molecule is O=C(O)[C@H](Cc1c[nH]c2ccccc12)NC(=O)C1(NC(=O)[C@@H](S)C2CCOCC2)CCCC1. The fraction of sp³-hybridized carbons (Fsp3) is 0.542. The summed E-state index contributed by atoms with van der Waals surface area (Å²) in [4.78, 5) is 41.5. The van der Waals surface area contributed by atoms with E-state index < -0.39 is 28.7 Å². The van der Waals surface area contributed by atoms with Gasteiger partial charge in [-0.15, -0.1) is 0 Å². The van der Waals surface area contributed by atoms with Gasteiger partial charge in [-0.2, -0.15) is 12.6 Å². The maximum absolute atomic E-state index is 13.4. The van der Waals surface area contributed by atoms with Crippen LogP contribution in [-0.2, 0) is 25.5 Å². The average molecular weight is 474 g/mol. The summed E-state index contributed by atoms with van der Waals surface area (Å²) >= 11 is 4.55. The predicted molar refractivity (Wildman–Crippen MR) is 127 cm³/mol. The molecule has 1 aromatic heterocycles. The van der Waals surface area contributed by atoms with Crippen LogP contribution >= 0.6 is 12.6 Å². The number of amides is 2. The Morgan fingerprint density at radius 3 is 2.58 bits per heavy atom. The van der Waals surface area contributed by atoms with E-state index in [4.69, 9.17) is 4.74 Å². The van der Waals surface area contributed by atoms with Gasteiger partial charge in [-0.05, 0) is 43.2 Å². The molecule has 1 saturated heterocycles. The van der Waals surface area contributed by atoms with Crippen molar-refractivity contribution < 1.29 is 24.2 Å². The Kier molecular flexibility index (Phi) is 7.29. The summed E-state index contributed by atoms with van der Waals surface area (Å²) in [5, 5.41) is 15.9. The van der Waals surface area contributed by atoms with Gasteiger partial charge in [0.15, 0.2) is 0 Å². The van der Waals surface area contributed by atoms with Crippen molar-refractivity contribution in [2.45, 2.75) is 61.8 Å². The molecule has 8 nitrogen and oxygen atoms in total. The fourth-order valence-electron chi connectivity index (χ4n) is 4.96. The Balaban J connectivity index is 1.46. The molecule has 0 spiro atoms. The van der Waals surface area contributed by atoms with E-state index in [0.717, 1.165) is 42.1 Å². The van der Waals surface area contributed by atoms with Crippen LogP contribution in [0.4, 0.5) is 0 Å². The lowest BCUT2D eigenvalue weighted by Gasteiger charge is -2.33. The molecule has 0 unspecified atom stereocenters. The number of nitrogens with one attached hydrogen (secondary N) is 3.